The number of nitro groups is 1. The van der Waals surface area contributed by atoms with Crippen molar-refractivity contribution >= 4 is 23.0 Å². The van der Waals surface area contributed by atoms with Crippen LogP contribution in [-0.4, -0.2) is 53.2 Å². The van der Waals surface area contributed by atoms with Gasteiger partial charge in [0.25, 0.3) is 5.69 Å². The molecule has 2 aromatic heterocycles. The van der Waals surface area contributed by atoms with Crippen LogP contribution in [0.3, 0.4) is 0 Å². The van der Waals surface area contributed by atoms with Crippen molar-refractivity contribution in [3.63, 3.8) is 0 Å². The second-order valence-electron chi connectivity index (χ2n) is 11.8. The van der Waals surface area contributed by atoms with Crippen LogP contribution in [0.2, 0.25) is 0 Å². The number of aromatic nitrogens is 2. The monoisotopic (exact) mass is 636 g/mol. The number of nitrogens with zero attached hydrogens (tertiary/aromatic N) is 5. The maximum atomic E-state index is 13.3. The van der Waals surface area contributed by atoms with Crippen molar-refractivity contribution in [3.05, 3.63) is 76.1 Å². The standard InChI is InChI=1S/C30H30F6N6O3/c31-29(32,33)20-1-8-27(38-13-20)40-14-18-16-41(17-19(18)15-40)28-12-24(9-10-37-28)45-23-5-2-21(3-6-23)39-22-4-7-26(42(43)44)25(11-22)30(34,35)36/h1,4,7-13,18-19,21,23,39H,2-3,5-6,14-17H2/t18?,19?,21-,23-. The van der Waals surface area contributed by atoms with Gasteiger partial charge >= 0.3 is 12.4 Å². The van der Waals surface area contributed by atoms with Crippen molar-refractivity contribution in [2.24, 2.45) is 11.8 Å². The van der Waals surface area contributed by atoms with Gasteiger partial charge in [0.05, 0.1) is 16.6 Å². The SMILES string of the molecule is O=[N+]([O-])c1ccc(N[C@H]2CC[C@H](Oc3ccnc(N4CC5CN(c6ccc(C(F)(F)F)cn6)CC5C4)c3)CC2)cc1C(F)(F)F. The third-order valence-corrected chi connectivity index (χ3v) is 8.77. The molecule has 0 bridgehead atoms. The van der Waals surface area contributed by atoms with E-state index in [-0.39, 0.29) is 17.8 Å². The van der Waals surface area contributed by atoms with E-state index in [0.717, 1.165) is 43.3 Å². The van der Waals surface area contributed by atoms with Gasteiger partial charge in [-0.15, -0.1) is 0 Å². The fraction of sp³-hybridized carbons (Fsp3) is 0.467. The molecule has 1 aromatic carbocycles. The smallest absolute Gasteiger partial charge is 0.423 e. The summed E-state index contributed by atoms with van der Waals surface area (Å²) < 4.78 is 84.9. The molecule has 0 spiro atoms. The van der Waals surface area contributed by atoms with Gasteiger partial charge in [0, 0.05) is 74.3 Å². The van der Waals surface area contributed by atoms with E-state index in [1.165, 1.54) is 12.1 Å². The highest BCUT2D eigenvalue weighted by Crippen LogP contribution is 2.39. The van der Waals surface area contributed by atoms with Crippen LogP contribution in [-0.2, 0) is 12.4 Å². The maximum Gasteiger partial charge on any atom is 0.423 e. The molecular formula is C30H30F6N6O3. The van der Waals surface area contributed by atoms with Gasteiger partial charge in [0.15, 0.2) is 0 Å². The zero-order chi connectivity index (χ0) is 31.9. The van der Waals surface area contributed by atoms with Gasteiger partial charge in [-0.3, -0.25) is 10.1 Å². The molecular weight excluding hydrogens is 606 g/mol. The van der Waals surface area contributed by atoms with Gasteiger partial charge in [-0.05, 0) is 56.0 Å². The van der Waals surface area contributed by atoms with Crippen molar-refractivity contribution in [2.75, 3.05) is 41.3 Å². The summed E-state index contributed by atoms with van der Waals surface area (Å²) in [6.07, 6.45) is -4.11. The number of nitrogens with one attached hydrogen (secondary N) is 1. The number of nitro benzene ring substituents is 1. The molecule has 1 N–H and O–H groups in total. The second-order valence-corrected chi connectivity index (χ2v) is 11.8. The lowest BCUT2D eigenvalue weighted by Crippen LogP contribution is -2.31. The Hall–Kier alpha value is -4.30. The van der Waals surface area contributed by atoms with E-state index < -0.39 is 34.1 Å². The molecule has 3 aromatic rings. The molecule has 9 nitrogen and oxygen atoms in total. The molecule has 6 rings (SSSR count). The number of ether oxygens (including phenoxy) is 1. The Bertz CT molecular complexity index is 1510. The lowest BCUT2D eigenvalue weighted by Gasteiger charge is -2.30. The highest BCUT2D eigenvalue weighted by atomic mass is 19.4. The molecule has 0 amide bonds. The quantitative estimate of drug-likeness (QED) is 0.172. The molecule has 3 fully saturated rings. The molecule has 2 atom stereocenters. The Morgan fingerprint density at radius 1 is 0.822 bits per heavy atom. The summed E-state index contributed by atoms with van der Waals surface area (Å²) in [6.45, 7) is 2.91. The van der Waals surface area contributed by atoms with Gasteiger partial charge < -0.3 is 19.9 Å². The summed E-state index contributed by atoms with van der Waals surface area (Å²) in [6, 6.07) is 9.04. The van der Waals surface area contributed by atoms with Crippen molar-refractivity contribution in [2.45, 2.75) is 50.2 Å². The predicted octanol–water partition coefficient (Wildman–Crippen LogP) is 6.80. The zero-order valence-electron chi connectivity index (χ0n) is 23.9. The Kier molecular flexibility index (Phi) is 8.12. The Balaban J connectivity index is 0.998. The molecule has 2 unspecified atom stereocenters. The summed E-state index contributed by atoms with van der Waals surface area (Å²) in [5.74, 6) is 2.66. The summed E-state index contributed by atoms with van der Waals surface area (Å²) in [7, 11) is 0. The maximum absolute atomic E-state index is 13.3. The van der Waals surface area contributed by atoms with Crippen LogP contribution in [0.5, 0.6) is 5.75 Å². The van der Waals surface area contributed by atoms with Crippen molar-refractivity contribution in [1.82, 2.24) is 9.97 Å². The highest BCUT2D eigenvalue weighted by Gasteiger charge is 2.42. The number of fused-ring (bicyclic) bond motifs is 1. The summed E-state index contributed by atoms with van der Waals surface area (Å²) in [5.41, 5.74) is -2.83. The number of rotatable bonds is 7. The van der Waals surface area contributed by atoms with E-state index in [4.69, 9.17) is 4.74 Å². The molecule has 240 valence electrons. The van der Waals surface area contributed by atoms with Crippen LogP contribution in [0.4, 0.5) is 49.4 Å². The molecule has 4 heterocycles. The molecule has 3 aliphatic rings. The number of halogens is 6. The molecule has 2 saturated heterocycles. The topological polar surface area (TPSA) is 96.7 Å². The number of anilines is 3. The van der Waals surface area contributed by atoms with E-state index in [0.29, 0.717) is 62.2 Å². The van der Waals surface area contributed by atoms with Crippen LogP contribution >= 0.6 is 0 Å². The molecule has 45 heavy (non-hydrogen) atoms. The van der Waals surface area contributed by atoms with Gasteiger partial charge in [-0.1, -0.05) is 0 Å². The molecule has 15 heteroatoms. The van der Waals surface area contributed by atoms with Gasteiger partial charge in [0.2, 0.25) is 0 Å². The minimum atomic E-state index is -4.84. The highest BCUT2D eigenvalue weighted by molar-refractivity contribution is 5.55. The lowest BCUT2D eigenvalue weighted by atomic mass is 9.92. The lowest BCUT2D eigenvalue weighted by molar-refractivity contribution is -0.388. The molecule has 1 saturated carbocycles. The first kappa shape index (κ1) is 30.7. The van der Waals surface area contributed by atoms with Gasteiger partial charge in [0.1, 0.15) is 22.9 Å². The van der Waals surface area contributed by atoms with Crippen LogP contribution < -0.4 is 19.9 Å². The van der Waals surface area contributed by atoms with Crippen LogP contribution in [0.15, 0.2) is 54.9 Å². The van der Waals surface area contributed by atoms with Gasteiger partial charge in [-0.2, -0.15) is 26.3 Å². The average molecular weight is 637 g/mol. The summed E-state index contributed by atoms with van der Waals surface area (Å²) >= 11 is 0. The van der Waals surface area contributed by atoms with E-state index in [2.05, 4.69) is 20.2 Å². The summed E-state index contributed by atoms with van der Waals surface area (Å²) in [4.78, 5) is 22.8. The number of pyridine rings is 2. The van der Waals surface area contributed by atoms with E-state index >= 15 is 0 Å². The number of hydrogen-bond donors (Lipinski definition) is 1. The fourth-order valence-electron chi connectivity index (χ4n) is 6.52. The second kappa shape index (κ2) is 11.9. The average Bonchev–Trinajstić information content (AvgIpc) is 3.58. The fourth-order valence-corrected chi connectivity index (χ4v) is 6.52. The van der Waals surface area contributed by atoms with Crippen LogP contribution in [0.1, 0.15) is 36.8 Å². The minimum Gasteiger partial charge on any atom is -0.490 e. The van der Waals surface area contributed by atoms with Crippen molar-refractivity contribution < 1.29 is 36.0 Å². The van der Waals surface area contributed by atoms with E-state index in [9.17, 15) is 36.5 Å². The molecule has 0 radical (unpaired) electrons. The first-order chi connectivity index (χ1) is 21.3. The predicted molar refractivity (Wildman–Crippen MR) is 153 cm³/mol. The summed E-state index contributed by atoms with van der Waals surface area (Å²) in [5, 5.41) is 14.1. The first-order valence-electron chi connectivity index (χ1n) is 14.6. The number of alkyl halides is 6. The Morgan fingerprint density at radius 3 is 2.07 bits per heavy atom. The minimum absolute atomic E-state index is 0.0800. The van der Waals surface area contributed by atoms with Crippen molar-refractivity contribution in [1.29, 1.82) is 0 Å². The molecule has 2 aliphatic heterocycles. The largest absolute Gasteiger partial charge is 0.490 e. The van der Waals surface area contributed by atoms with Crippen LogP contribution in [0, 0.1) is 22.0 Å². The normalized spacial score (nSPS) is 23.6. The number of benzene rings is 1. The van der Waals surface area contributed by atoms with Crippen molar-refractivity contribution in [3.8, 4) is 5.75 Å². The van der Waals surface area contributed by atoms with E-state index in [1.54, 1.807) is 12.3 Å². The third kappa shape index (κ3) is 6.86. The van der Waals surface area contributed by atoms with E-state index in [1.807, 2.05) is 11.0 Å². The Morgan fingerprint density at radius 2 is 1.49 bits per heavy atom. The molecule has 1 aliphatic carbocycles. The van der Waals surface area contributed by atoms with Gasteiger partial charge in [-0.25, -0.2) is 9.97 Å². The Labute approximate surface area is 254 Å². The van der Waals surface area contributed by atoms with Crippen LogP contribution in [0.25, 0.3) is 0 Å². The first-order valence-corrected chi connectivity index (χ1v) is 14.6. The third-order valence-electron chi connectivity index (χ3n) is 8.77. The number of hydrogen-bond acceptors (Lipinski definition) is 8. The zero-order valence-corrected chi connectivity index (χ0v) is 23.9.